The van der Waals surface area contributed by atoms with Crippen molar-refractivity contribution in [1.82, 2.24) is 4.98 Å². The van der Waals surface area contributed by atoms with E-state index in [1.165, 1.54) is 11.1 Å². The molecule has 4 heteroatoms. The molecule has 25 heavy (non-hydrogen) atoms. The monoisotopic (exact) mass is 336 g/mol. The first-order valence-corrected chi connectivity index (χ1v) is 8.37. The fraction of sp³-hybridized carbons (Fsp3) is 0.286. The van der Waals surface area contributed by atoms with Gasteiger partial charge in [0.1, 0.15) is 5.82 Å². The van der Waals surface area contributed by atoms with Gasteiger partial charge in [0.2, 0.25) is 0 Å². The lowest BCUT2D eigenvalue weighted by Crippen LogP contribution is -2.10. The molecular formula is C21H24N2O2. The van der Waals surface area contributed by atoms with Crippen molar-refractivity contribution in [1.29, 1.82) is 0 Å². The van der Waals surface area contributed by atoms with Crippen LogP contribution < -0.4 is 4.90 Å². The largest absolute Gasteiger partial charge is 0.392 e. The summed E-state index contributed by atoms with van der Waals surface area (Å²) in [7, 11) is 3.91. The summed E-state index contributed by atoms with van der Waals surface area (Å²) in [4.78, 5) is 6.34. The Labute approximate surface area is 148 Å². The van der Waals surface area contributed by atoms with Crippen LogP contribution in [-0.2, 0) is 13.2 Å². The molecular weight excluding hydrogens is 312 g/mol. The first kappa shape index (κ1) is 17.4. The van der Waals surface area contributed by atoms with E-state index in [9.17, 15) is 10.2 Å². The minimum Gasteiger partial charge on any atom is -0.392 e. The Hall–Kier alpha value is -2.43. The number of aryl methyl sites for hydroxylation is 2. The van der Waals surface area contributed by atoms with Crippen LogP contribution in [0.4, 0.5) is 5.82 Å². The number of hydrogen-bond acceptors (Lipinski definition) is 4. The minimum atomic E-state index is -0.117. The van der Waals surface area contributed by atoms with Crippen LogP contribution in [0.2, 0.25) is 0 Å². The summed E-state index contributed by atoms with van der Waals surface area (Å²) in [5.41, 5.74) is 5.91. The molecule has 0 radical (unpaired) electrons. The molecule has 2 aromatic carbocycles. The van der Waals surface area contributed by atoms with Crippen LogP contribution in [0.1, 0.15) is 22.3 Å². The zero-order valence-electron chi connectivity index (χ0n) is 15.2. The highest BCUT2D eigenvalue weighted by molar-refractivity contribution is 6.00. The smallest absolute Gasteiger partial charge is 0.128 e. The summed E-state index contributed by atoms with van der Waals surface area (Å²) in [5.74, 6) is 0.854. The standard InChI is InChI=1S/C21H24N2O2/c1-13-7-16-9-17(11-24)19(12-25)21(18(16)8-14(13)2)15-5-6-22-20(10-15)23(3)4/h5-10,24-25H,11-12H2,1-4H3. The lowest BCUT2D eigenvalue weighted by atomic mass is 9.88. The fourth-order valence-electron chi connectivity index (χ4n) is 3.24. The molecule has 130 valence electrons. The van der Waals surface area contributed by atoms with Gasteiger partial charge >= 0.3 is 0 Å². The Morgan fingerprint density at radius 3 is 2.32 bits per heavy atom. The quantitative estimate of drug-likeness (QED) is 0.765. The number of benzene rings is 2. The fourth-order valence-corrected chi connectivity index (χ4v) is 3.24. The molecule has 3 aromatic rings. The molecule has 0 aliphatic heterocycles. The van der Waals surface area contributed by atoms with Crippen molar-refractivity contribution in [3.63, 3.8) is 0 Å². The van der Waals surface area contributed by atoms with E-state index in [0.717, 1.165) is 38.8 Å². The molecule has 0 fully saturated rings. The highest BCUT2D eigenvalue weighted by atomic mass is 16.3. The van der Waals surface area contributed by atoms with Gasteiger partial charge in [0.05, 0.1) is 13.2 Å². The van der Waals surface area contributed by atoms with Gasteiger partial charge in [-0.2, -0.15) is 0 Å². The second kappa shape index (κ2) is 6.82. The van der Waals surface area contributed by atoms with Gasteiger partial charge < -0.3 is 15.1 Å². The van der Waals surface area contributed by atoms with Crippen molar-refractivity contribution in [2.75, 3.05) is 19.0 Å². The van der Waals surface area contributed by atoms with Crippen LogP contribution >= 0.6 is 0 Å². The maximum Gasteiger partial charge on any atom is 0.128 e. The van der Waals surface area contributed by atoms with Gasteiger partial charge in [-0.15, -0.1) is 0 Å². The predicted octanol–water partition coefficient (Wildman–Crippen LogP) is 3.57. The van der Waals surface area contributed by atoms with Crippen molar-refractivity contribution < 1.29 is 10.2 Å². The molecule has 1 heterocycles. The van der Waals surface area contributed by atoms with Gasteiger partial charge in [-0.1, -0.05) is 12.1 Å². The number of pyridine rings is 1. The van der Waals surface area contributed by atoms with Crippen molar-refractivity contribution in [2.45, 2.75) is 27.1 Å². The normalized spacial score (nSPS) is 11.1. The number of aliphatic hydroxyl groups excluding tert-OH is 2. The molecule has 0 bridgehead atoms. The number of aliphatic hydroxyl groups is 2. The zero-order valence-corrected chi connectivity index (χ0v) is 15.2. The lowest BCUT2D eigenvalue weighted by molar-refractivity contribution is 0.260. The number of fused-ring (bicyclic) bond motifs is 1. The predicted molar refractivity (Wildman–Crippen MR) is 103 cm³/mol. The molecule has 0 spiro atoms. The molecule has 2 N–H and O–H groups in total. The third kappa shape index (κ3) is 3.11. The van der Waals surface area contributed by atoms with E-state index in [4.69, 9.17) is 0 Å². The summed E-state index contributed by atoms with van der Waals surface area (Å²) in [6.07, 6.45) is 1.78. The van der Waals surface area contributed by atoms with Crippen LogP contribution in [0.25, 0.3) is 21.9 Å². The third-order valence-corrected chi connectivity index (χ3v) is 4.78. The van der Waals surface area contributed by atoms with E-state index < -0.39 is 0 Å². The summed E-state index contributed by atoms with van der Waals surface area (Å²) in [6, 6.07) is 10.3. The molecule has 0 aliphatic carbocycles. The molecule has 3 rings (SSSR count). The van der Waals surface area contributed by atoms with Crippen LogP contribution in [-0.4, -0.2) is 29.3 Å². The molecule has 0 atom stereocenters. The maximum absolute atomic E-state index is 10.0. The molecule has 0 saturated heterocycles. The number of hydrogen-bond donors (Lipinski definition) is 2. The Morgan fingerprint density at radius 1 is 0.960 bits per heavy atom. The highest BCUT2D eigenvalue weighted by Gasteiger charge is 2.16. The molecule has 0 unspecified atom stereocenters. The lowest BCUT2D eigenvalue weighted by Gasteiger charge is -2.19. The van der Waals surface area contributed by atoms with Crippen LogP contribution in [0.5, 0.6) is 0 Å². The number of nitrogens with zero attached hydrogens (tertiary/aromatic N) is 2. The average Bonchev–Trinajstić information content (AvgIpc) is 2.61. The SMILES string of the molecule is Cc1cc2cc(CO)c(CO)c(-c3ccnc(N(C)C)c3)c2cc1C. The van der Waals surface area contributed by atoms with Gasteiger partial charge in [0.15, 0.2) is 0 Å². The van der Waals surface area contributed by atoms with Gasteiger partial charge in [0.25, 0.3) is 0 Å². The van der Waals surface area contributed by atoms with Crippen LogP contribution in [0.15, 0.2) is 36.5 Å². The van der Waals surface area contributed by atoms with E-state index in [1.54, 1.807) is 6.20 Å². The van der Waals surface area contributed by atoms with E-state index in [-0.39, 0.29) is 13.2 Å². The summed E-state index contributed by atoms with van der Waals surface area (Å²) in [5, 5.41) is 22.0. The summed E-state index contributed by atoms with van der Waals surface area (Å²) >= 11 is 0. The van der Waals surface area contributed by atoms with Gasteiger partial charge in [0, 0.05) is 20.3 Å². The first-order chi connectivity index (χ1) is 12.0. The average molecular weight is 336 g/mol. The van der Waals surface area contributed by atoms with E-state index in [1.807, 2.05) is 37.2 Å². The maximum atomic E-state index is 10.0. The Bertz CT molecular complexity index is 933. The van der Waals surface area contributed by atoms with Crippen molar-refractivity contribution in [2.24, 2.45) is 0 Å². The highest BCUT2D eigenvalue weighted by Crippen LogP contribution is 2.37. The molecule has 4 nitrogen and oxygen atoms in total. The second-order valence-electron chi connectivity index (χ2n) is 6.66. The molecule has 0 aliphatic rings. The number of anilines is 1. The second-order valence-corrected chi connectivity index (χ2v) is 6.66. The van der Waals surface area contributed by atoms with E-state index in [0.29, 0.717) is 0 Å². The third-order valence-electron chi connectivity index (χ3n) is 4.78. The van der Waals surface area contributed by atoms with Gasteiger partial charge in [-0.25, -0.2) is 4.98 Å². The zero-order chi connectivity index (χ0) is 18.1. The Balaban J connectivity index is 2.42. The van der Waals surface area contributed by atoms with Crippen molar-refractivity contribution in [3.8, 4) is 11.1 Å². The van der Waals surface area contributed by atoms with Crippen LogP contribution in [0.3, 0.4) is 0 Å². The van der Waals surface area contributed by atoms with E-state index in [2.05, 4.69) is 31.0 Å². The van der Waals surface area contributed by atoms with Gasteiger partial charge in [-0.3, -0.25) is 0 Å². The molecule has 0 saturated carbocycles. The minimum absolute atomic E-state index is 0.0998. The summed E-state index contributed by atoms with van der Waals surface area (Å²) < 4.78 is 0. The van der Waals surface area contributed by atoms with E-state index >= 15 is 0 Å². The Morgan fingerprint density at radius 2 is 1.68 bits per heavy atom. The first-order valence-electron chi connectivity index (χ1n) is 8.37. The number of rotatable bonds is 4. The van der Waals surface area contributed by atoms with Gasteiger partial charge in [-0.05, 0) is 76.2 Å². The topological polar surface area (TPSA) is 56.6 Å². The van der Waals surface area contributed by atoms with Crippen molar-refractivity contribution >= 4 is 16.6 Å². The molecule has 1 aromatic heterocycles. The number of aromatic nitrogens is 1. The Kier molecular flexibility index (Phi) is 4.75. The molecule has 0 amide bonds. The van der Waals surface area contributed by atoms with Crippen LogP contribution in [0, 0.1) is 13.8 Å². The van der Waals surface area contributed by atoms with Crippen molar-refractivity contribution in [3.05, 3.63) is 58.8 Å². The summed E-state index contributed by atoms with van der Waals surface area (Å²) in [6.45, 7) is 3.96.